The van der Waals surface area contributed by atoms with Gasteiger partial charge in [0.1, 0.15) is 0 Å². The summed E-state index contributed by atoms with van der Waals surface area (Å²) in [6.45, 7) is 5.69. The molecule has 0 spiro atoms. The number of hydrogen-bond acceptors (Lipinski definition) is 3. The second kappa shape index (κ2) is 8.08. The van der Waals surface area contributed by atoms with E-state index in [-0.39, 0.29) is 6.61 Å². The molecule has 15 heavy (non-hydrogen) atoms. The molecule has 3 nitrogen and oxygen atoms in total. The van der Waals surface area contributed by atoms with Gasteiger partial charge in [0.25, 0.3) is 0 Å². The van der Waals surface area contributed by atoms with Gasteiger partial charge in [0.2, 0.25) is 0 Å². The van der Waals surface area contributed by atoms with Gasteiger partial charge in [-0.05, 0) is 31.2 Å². The van der Waals surface area contributed by atoms with Crippen LogP contribution in [0.2, 0.25) is 0 Å². The monoisotopic (exact) mass is 215 g/mol. The molecule has 1 saturated carbocycles. The Morgan fingerprint density at radius 2 is 1.93 bits per heavy atom. The summed E-state index contributed by atoms with van der Waals surface area (Å²) in [5.74, 6) is 1.81. The first-order chi connectivity index (χ1) is 7.33. The molecule has 1 fully saturated rings. The molecule has 1 aliphatic rings. The zero-order chi connectivity index (χ0) is 10.9. The number of hydrogen-bond donors (Lipinski definition) is 2. The molecule has 1 rings (SSSR count). The molecule has 2 N–H and O–H groups in total. The summed E-state index contributed by atoms with van der Waals surface area (Å²) in [6.07, 6.45) is 5.55. The minimum absolute atomic E-state index is 0.126. The van der Waals surface area contributed by atoms with Gasteiger partial charge in [0.05, 0.1) is 19.8 Å². The average Bonchev–Trinajstić information content (AvgIpc) is 2.26. The van der Waals surface area contributed by atoms with Gasteiger partial charge in [-0.25, -0.2) is 0 Å². The predicted molar refractivity (Wildman–Crippen MR) is 61.9 cm³/mol. The SMILES string of the molecule is CC1CCC(CNCCOCCO)CC1. The molecule has 0 radical (unpaired) electrons. The fourth-order valence-corrected chi connectivity index (χ4v) is 2.15. The second-order valence-corrected chi connectivity index (χ2v) is 4.67. The summed E-state index contributed by atoms with van der Waals surface area (Å²) in [5.41, 5.74) is 0. The van der Waals surface area contributed by atoms with Crippen molar-refractivity contribution in [3.8, 4) is 0 Å². The van der Waals surface area contributed by atoms with Crippen molar-refractivity contribution in [1.29, 1.82) is 0 Å². The van der Waals surface area contributed by atoms with Crippen molar-refractivity contribution in [2.75, 3.05) is 32.9 Å². The van der Waals surface area contributed by atoms with Crippen molar-refractivity contribution < 1.29 is 9.84 Å². The summed E-state index contributed by atoms with van der Waals surface area (Å²) in [5, 5.41) is 11.9. The normalized spacial score (nSPS) is 26.8. The largest absolute Gasteiger partial charge is 0.394 e. The van der Waals surface area contributed by atoms with Crippen molar-refractivity contribution in [1.82, 2.24) is 5.32 Å². The van der Waals surface area contributed by atoms with Crippen LogP contribution in [0.3, 0.4) is 0 Å². The first kappa shape index (κ1) is 12.9. The molecule has 0 aromatic heterocycles. The van der Waals surface area contributed by atoms with Crippen molar-refractivity contribution in [2.24, 2.45) is 11.8 Å². The van der Waals surface area contributed by atoms with Crippen LogP contribution in [0.15, 0.2) is 0 Å². The summed E-state index contributed by atoms with van der Waals surface area (Å²) >= 11 is 0. The van der Waals surface area contributed by atoms with E-state index in [4.69, 9.17) is 9.84 Å². The zero-order valence-corrected chi connectivity index (χ0v) is 9.87. The Morgan fingerprint density at radius 1 is 1.20 bits per heavy atom. The van der Waals surface area contributed by atoms with Gasteiger partial charge in [0, 0.05) is 6.54 Å². The quantitative estimate of drug-likeness (QED) is 0.631. The van der Waals surface area contributed by atoms with Crippen LogP contribution in [0.25, 0.3) is 0 Å². The molecule has 0 saturated heterocycles. The van der Waals surface area contributed by atoms with E-state index < -0.39 is 0 Å². The molecular formula is C12H25NO2. The van der Waals surface area contributed by atoms with Gasteiger partial charge in [-0.15, -0.1) is 0 Å². The lowest BCUT2D eigenvalue weighted by molar-refractivity contribution is 0.0930. The van der Waals surface area contributed by atoms with Crippen LogP contribution in [0.5, 0.6) is 0 Å². The van der Waals surface area contributed by atoms with E-state index in [0.29, 0.717) is 13.2 Å². The highest BCUT2D eigenvalue weighted by atomic mass is 16.5. The average molecular weight is 215 g/mol. The molecule has 0 aliphatic heterocycles. The van der Waals surface area contributed by atoms with E-state index in [0.717, 1.165) is 24.9 Å². The highest BCUT2D eigenvalue weighted by Crippen LogP contribution is 2.27. The smallest absolute Gasteiger partial charge is 0.0698 e. The van der Waals surface area contributed by atoms with E-state index in [1.807, 2.05) is 0 Å². The Labute approximate surface area is 93.2 Å². The van der Waals surface area contributed by atoms with Crippen molar-refractivity contribution in [3.63, 3.8) is 0 Å². The molecule has 3 heteroatoms. The van der Waals surface area contributed by atoms with Crippen molar-refractivity contribution in [3.05, 3.63) is 0 Å². The van der Waals surface area contributed by atoms with E-state index in [2.05, 4.69) is 12.2 Å². The van der Waals surface area contributed by atoms with Gasteiger partial charge in [-0.2, -0.15) is 0 Å². The zero-order valence-electron chi connectivity index (χ0n) is 9.87. The highest BCUT2D eigenvalue weighted by Gasteiger charge is 2.17. The summed E-state index contributed by atoms with van der Waals surface area (Å²) in [7, 11) is 0. The minimum Gasteiger partial charge on any atom is -0.394 e. The van der Waals surface area contributed by atoms with Crippen molar-refractivity contribution in [2.45, 2.75) is 32.6 Å². The van der Waals surface area contributed by atoms with E-state index in [1.165, 1.54) is 25.7 Å². The third kappa shape index (κ3) is 6.13. The van der Waals surface area contributed by atoms with Crippen LogP contribution in [-0.4, -0.2) is 38.0 Å². The summed E-state index contributed by atoms with van der Waals surface area (Å²) < 4.78 is 5.18. The van der Waals surface area contributed by atoms with E-state index in [1.54, 1.807) is 0 Å². The number of nitrogens with one attached hydrogen (secondary N) is 1. The van der Waals surface area contributed by atoms with E-state index in [9.17, 15) is 0 Å². The Kier molecular flexibility index (Phi) is 6.98. The van der Waals surface area contributed by atoms with Crippen LogP contribution in [-0.2, 0) is 4.74 Å². The third-order valence-electron chi connectivity index (χ3n) is 3.23. The van der Waals surface area contributed by atoms with Gasteiger partial charge in [-0.3, -0.25) is 0 Å². The molecule has 0 atom stereocenters. The fourth-order valence-electron chi connectivity index (χ4n) is 2.15. The van der Waals surface area contributed by atoms with Gasteiger partial charge in [-0.1, -0.05) is 19.8 Å². The molecule has 0 aromatic rings. The summed E-state index contributed by atoms with van der Waals surface area (Å²) in [6, 6.07) is 0. The Bertz CT molecular complexity index is 145. The summed E-state index contributed by atoms with van der Waals surface area (Å²) in [4.78, 5) is 0. The molecule has 0 unspecified atom stereocenters. The lowest BCUT2D eigenvalue weighted by Gasteiger charge is -2.26. The molecule has 90 valence electrons. The van der Waals surface area contributed by atoms with Crippen LogP contribution in [0.1, 0.15) is 32.6 Å². The topological polar surface area (TPSA) is 41.5 Å². The molecule has 0 aromatic carbocycles. The lowest BCUT2D eigenvalue weighted by Crippen LogP contribution is -2.28. The van der Waals surface area contributed by atoms with Gasteiger partial charge < -0.3 is 15.2 Å². The maximum absolute atomic E-state index is 8.51. The van der Waals surface area contributed by atoms with Crippen LogP contribution in [0.4, 0.5) is 0 Å². The Balaban J connectivity index is 1.87. The van der Waals surface area contributed by atoms with Crippen LogP contribution >= 0.6 is 0 Å². The standard InChI is InChI=1S/C12H25NO2/c1-11-2-4-12(5-3-11)10-13-6-8-15-9-7-14/h11-14H,2-10H2,1H3. The number of ether oxygens (including phenoxy) is 1. The van der Waals surface area contributed by atoms with E-state index >= 15 is 0 Å². The predicted octanol–water partition coefficient (Wildman–Crippen LogP) is 1.41. The molecule has 0 bridgehead atoms. The maximum Gasteiger partial charge on any atom is 0.0698 e. The molecular weight excluding hydrogens is 190 g/mol. The highest BCUT2D eigenvalue weighted by molar-refractivity contribution is 4.71. The molecule has 0 amide bonds. The Hall–Kier alpha value is -0.120. The maximum atomic E-state index is 8.51. The lowest BCUT2D eigenvalue weighted by atomic mass is 9.83. The third-order valence-corrected chi connectivity index (χ3v) is 3.23. The first-order valence-electron chi connectivity index (χ1n) is 6.22. The van der Waals surface area contributed by atoms with Crippen LogP contribution < -0.4 is 5.32 Å². The molecule has 0 heterocycles. The molecule has 1 aliphatic carbocycles. The second-order valence-electron chi connectivity index (χ2n) is 4.67. The van der Waals surface area contributed by atoms with Gasteiger partial charge in [0.15, 0.2) is 0 Å². The number of aliphatic hydroxyl groups is 1. The van der Waals surface area contributed by atoms with Crippen LogP contribution in [0, 0.1) is 11.8 Å². The number of rotatable bonds is 7. The van der Waals surface area contributed by atoms with Gasteiger partial charge >= 0.3 is 0 Å². The number of aliphatic hydroxyl groups excluding tert-OH is 1. The van der Waals surface area contributed by atoms with Crippen molar-refractivity contribution >= 4 is 0 Å². The minimum atomic E-state index is 0.126. The first-order valence-corrected chi connectivity index (χ1v) is 6.22. The fraction of sp³-hybridized carbons (Fsp3) is 1.00. The Morgan fingerprint density at radius 3 is 2.60 bits per heavy atom.